The van der Waals surface area contributed by atoms with Crippen molar-refractivity contribution in [1.82, 2.24) is 20.1 Å². The van der Waals surface area contributed by atoms with E-state index in [1.807, 2.05) is 25.1 Å². The van der Waals surface area contributed by atoms with Crippen LogP contribution in [0.15, 0.2) is 24.3 Å². The normalized spacial score (nSPS) is 19.3. The van der Waals surface area contributed by atoms with Crippen LogP contribution in [-0.4, -0.2) is 54.8 Å². The molecule has 0 spiro atoms. The van der Waals surface area contributed by atoms with Crippen LogP contribution in [0, 0.1) is 6.92 Å². The second-order valence-corrected chi connectivity index (χ2v) is 11.3. The fourth-order valence-electron chi connectivity index (χ4n) is 4.59. The molecule has 1 aliphatic carbocycles. The zero-order chi connectivity index (χ0) is 24.0. The van der Waals surface area contributed by atoms with E-state index < -0.39 is 9.84 Å². The third kappa shape index (κ3) is 4.22. The van der Waals surface area contributed by atoms with Crippen LogP contribution in [0.1, 0.15) is 58.5 Å². The number of carbonyl (C=O) groups is 1. The number of amides is 1. The van der Waals surface area contributed by atoms with E-state index in [4.69, 9.17) is 14.5 Å². The number of methoxy groups -OCH3 is 2. The smallest absolute Gasteiger partial charge is 0.252 e. The number of ether oxygens (including phenoxy) is 2. The maximum Gasteiger partial charge on any atom is 0.252 e. The Morgan fingerprint density at radius 1 is 1.15 bits per heavy atom. The largest absolute Gasteiger partial charge is 0.493 e. The number of fused-ring (bicyclic) bond motifs is 1. The molecule has 1 saturated heterocycles. The second-order valence-electron chi connectivity index (χ2n) is 9.03. The van der Waals surface area contributed by atoms with Gasteiger partial charge in [-0.3, -0.25) is 4.79 Å². The van der Waals surface area contributed by atoms with E-state index in [9.17, 15) is 13.2 Å². The average molecular weight is 485 g/mol. The Bertz CT molecular complexity index is 1380. The van der Waals surface area contributed by atoms with Gasteiger partial charge in [-0.1, -0.05) is 6.07 Å². The minimum atomic E-state index is -3.08. The van der Waals surface area contributed by atoms with Crippen LogP contribution in [0.2, 0.25) is 0 Å². The molecule has 34 heavy (non-hydrogen) atoms. The molecule has 180 valence electrons. The lowest BCUT2D eigenvalue weighted by Gasteiger charge is -2.13. The zero-order valence-corrected chi connectivity index (χ0v) is 20.3. The van der Waals surface area contributed by atoms with Crippen molar-refractivity contribution in [2.45, 2.75) is 44.7 Å². The Labute approximate surface area is 198 Å². The van der Waals surface area contributed by atoms with Crippen LogP contribution in [0.4, 0.5) is 0 Å². The van der Waals surface area contributed by atoms with Crippen LogP contribution in [0.3, 0.4) is 0 Å². The number of nitrogens with zero attached hydrogens (tertiary/aromatic N) is 3. The van der Waals surface area contributed by atoms with Crippen LogP contribution in [0.5, 0.6) is 11.5 Å². The Balaban J connectivity index is 1.48. The fourth-order valence-corrected chi connectivity index (χ4v) is 6.28. The molecule has 2 aromatic heterocycles. The summed E-state index contributed by atoms with van der Waals surface area (Å²) in [6.07, 6.45) is 2.58. The summed E-state index contributed by atoms with van der Waals surface area (Å²) < 4.78 is 36.5. The van der Waals surface area contributed by atoms with Gasteiger partial charge in [0.05, 0.1) is 48.4 Å². The number of aromatic nitrogens is 3. The number of pyridine rings is 1. The van der Waals surface area contributed by atoms with Gasteiger partial charge < -0.3 is 14.8 Å². The highest BCUT2D eigenvalue weighted by Crippen LogP contribution is 2.41. The highest BCUT2D eigenvalue weighted by molar-refractivity contribution is 7.91. The standard InChI is InChI=1S/C24H28N4O5S/c1-14-22-18(24(29)25-12-15-4-7-20(32-2)21(10-15)33-3)11-19(16-5-6-16)26-23(22)28(27-14)17-8-9-34(30,31)13-17/h4,7,10-11,16-17H,5-6,8-9,12-13H2,1-3H3,(H,25,29)/t17-/m1/s1. The fraction of sp³-hybridized carbons (Fsp3) is 0.458. The Morgan fingerprint density at radius 3 is 2.56 bits per heavy atom. The Hall–Kier alpha value is -3.14. The van der Waals surface area contributed by atoms with Gasteiger partial charge in [-0.15, -0.1) is 0 Å². The first kappa shape index (κ1) is 22.6. The van der Waals surface area contributed by atoms with Gasteiger partial charge >= 0.3 is 0 Å². The van der Waals surface area contributed by atoms with Gasteiger partial charge in [0.15, 0.2) is 27.0 Å². The lowest BCUT2D eigenvalue weighted by Crippen LogP contribution is -2.23. The summed E-state index contributed by atoms with van der Waals surface area (Å²) in [5.41, 5.74) is 3.54. The Kier molecular flexibility index (Phi) is 5.71. The predicted molar refractivity (Wildman–Crippen MR) is 127 cm³/mol. The molecule has 1 N–H and O–H groups in total. The highest BCUT2D eigenvalue weighted by atomic mass is 32.2. The zero-order valence-electron chi connectivity index (χ0n) is 19.5. The van der Waals surface area contributed by atoms with Gasteiger partial charge in [-0.2, -0.15) is 5.10 Å². The lowest BCUT2D eigenvalue weighted by atomic mass is 10.1. The number of hydrogen-bond acceptors (Lipinski definition) is 7. The number of benzene rings is 1. The molecule has 1 atom stereocenters. The molecule has 2 fully saturated rings. The number of sulfone groups is 1. The summed E-state index contributed by atoms with van der Waals surface area (Å²) in [6, 6.07) is 7.13. The first-order valence-corrected chi connectivity index (χ1v) is 13.2. The molecule has 1 amide bonds. The first-order valence-electron chi connectivity index (χ1n) is 11.4. The number of nitrogens with one attached hydrogen (secondary N) is 1. The summed E-state index contributed by atoms with van der Waals surface area (Å²) in [4.78, 5) is 18.2. The molecule has 0 unspecified atom stereocenters. The van der Waals surface area contributed by atoms with Crippen molar-refractivity contribution in [1.29, 1.82) is 0 Å². The van der Waals surface area contributed by atoms with Crippen molar-refractivity contribution >= 4 is 26.8 Å². The molecule has 1 aliphatic heterocycles. The molecule has 3 heterocycles. The molecule has 0 radical (unpaired) electrons. The molecule has 1 aromatic carbocycles. The topological polar surface area (TPSA) is 112 Å². The van der Waals surface area contributed by atoms with E-state index in [2.05, 4.69) is 10.4 Å². The Morgan fingerprint density at radius 2 is 1.91 bits per heavy atom. The van der Waals surface area contributed by atoms with Crippen molar-refractivity contribution in [2.75, 3.05) is 25.7 Å². The third-order valence-electron chi connectivity index (χ3n) is 6.55. The van der Waals surface area contributed by atoms with Gasteiger partial charge in [-0.05, 0) is 49.9 Å². The molecule has 1 saturated carbocycles. The first-order chi connectivity index (χ1) is 16.3. The quantitative estimate of drug-likeness (QED) is 0.549. The number of rotatable bonds is 7. The molecular formula is C24H28N4O5S. The molecule has 2 aliphatic rings. The van der Waals surface area contributed by atoms with E-state index in [0.29, 0.717) is 52.7 Å². The molecule has 10 heteroatoms. The van der Waals surface area contributed by atoms with E-state index >= 15 is 0 Å². The molecule has 5 rings (SSSR count). The third-order valence-corrected chi connectivity index (χ3v) is 8.30. The maximum absolute atomic E-state index is 13.4. The molecule has 0 bridgehead atoms. The van der Waals surface area contributed by atoms with Gasteiger partial charge in [-0.25, -0.2) is 18.1 Å². The van der Waals surface area contributed by atoms with Gasteiger partial charge in [0.2, 0.25) is 0 Å². The summed E-state index contributed by atoms with van der Waals surface area (Å²) in [5.74, 6) is 1.54. The SMILES string of the molecule is COc1ccc(CNC(=O)c2cc(C3CC3)nc3c2c(C)nn3[C@@H]2CCS(=O)(=O)C2)cc1OC. The molecular weight excluding hydrogens is 456 g/mol. The van der Waals surface area contributed by atoms with E-state index in [1.54, 1.807) is 25.0 Å². The van der Waals surface area contributed by atoms with Crippen molar-refractivity contribution < 1.29 is 22.7 Å². The lowest BCUT2D eigenvalue weighted by molar-refractivity contribution is 0.0952. The van der Waals surface area contributed by atoms with Gasteiger partial charge in [0.25, 0.3) is 5.91 Å². The summed E-state index contributed by atoms with van der Waals surface area (Å²) >= 11 is 0. The van der Waals surface area contributed by atoms with Crippen LogP contribution >= 0.6 is 0 Å². The van der Waals surface area contributed by atoms with Gasteiger partial charge in [0, 0.05) is 18.2 Å². The minimum Gasteiger partial charge on any atom is -0.493 e. The van der Waals surface area contributed by atoms with Gasteiger partial charge in [0.1, 0.15) is 0 Å². The van der Waals surface area contributed by atoms with E-state index in [-0.39, 0.29) is 23.5 Å². The van der Waals surface area contributed by atoms with E-state index in [0.717, 1.165) is 24.1 Å². The van der Waals surface area contributed by atoms with Crippen molar-refractivity contribution in [3.63, 3.8) is 0 Å². The van der Waals surface area contributed by atoms with E-state index in [1.165, 1.54) is 0 Å². The number of aryl methyl sites for hydroxylation is 1. The monoisotopic (exact) mass is 484 g/mol. The summed E-state index contributed by atoms with van der Waals surface area (Å²) in [7, 11) is 0.0703. The van der Waals surface area contributed by atoms with Crippen LogP contribution in [0.25, 0.3) is 11.0 Å². The maximum atomic E-state index is 13.4. The molecule has 9 nitrogen and oxygen atoms in total. The summed E-state index contributed by atoms with van der Waals surface area (Å²) in [6.45, 7) is 2.15. The summed E-state index contributed by atoms with van der Waals surface area (Å²) in [5, 5.41) is 8.33. The van der Waals surface area contributed by atoms with Crippen LogP contribution < -0.4 is 14.8 Å². The minimum absolute atomic E-state index is 0.0549. The second kappa shape index (κ2) is 8.57. The number of carbonyl (C=O) groups excluding carboxylic acids is 1. The average Bonchev–Trinajstić information content (AvgIpc) is 3.55. The number of hydrogen-bond donors (Lipinski definition) is 1. The van der Waals surface area contributed by atoms with Crippen molar-refractivity contribution in [3.05, 3.63) is 46.8 Å². The predicted octanol–water partition coefficient (Wildman–Crippen LogP) is 2.92. The van der Waals surface area contributed by atoms with Crippen LogP contribution in [-0.2, 0) is 16.4 Å². The highest BCUT2D eigenvalue weighted by Gasteiger charge is 2.34. The molecule has 3 aromatic rings. The van der Waals surface area contributed by atoms with Crippen molar-refractivity contribution in [2.24, 2.45) is 0 Å². The van der Waals surface area contributed by atoms with Crippen molar-refractivity contribution in [3.8, 4) is 11.5 Å².